The maximum absolute atomic E-state index is 14.3. The Morgan fingerprint density at radius 2 is 2.17 bits per heavy atom. The molecule has 0 aliphatic rings. The summed E-state index contributed by atoms with van der Waals surface area (Å²) in [4.78, 5) is 8.41. The van der Waals surface area contributed by atoms with E-state index in [9.17, 15) is 4.39 Å². The number of nitrogens with zero attached hydrogens (tertiary/aromatic N) is 4. The number of anilines is 3. The largest absolute Gasteiger partial charge is 0.382 e. The lowest BCUT2D eigenvalue weighted by molar-refractivity contribution is 0.629. The van der Waals surface area contributed by atoms with Crippen molar-refractivity contribution in [3.8, 4) is 6.07 Å². The monoisotopic (exact) mass is 310 g/mol. The molecule has 0 aliphatic heterocycles. The first kappa shape index (κ1) is 14.8. The molecule has 3 rings (SSSR count). The summed E-state index contributed by atoms with van der Waals surface area (Å²) < 4.78 is 16.1. The van der Waals surface area contributed by atoms with Crippen LogP contribution in [0.25, 0.3) is 11.0 Å². The van der Waals surface area contributed by atoms with Crippen molar-refractivity contribution in [3.63, 3.8) is 0 Å². The van der Waals surface area contributed by atoms with Crippen LogP contribution in [0.4, 0.5) is 21.7 Å². The van der Waals surface area contributed by atoms with E-state index in [1.807, 2.05) is 24.6 Å². The molecule has 3 aromatic rings. The predicted octanol–water partition coefficient (Wildman–Crippen LogP) is 2.87. The van der Waals surface area contributed by atoms with Gasteiger partial charge in [0.25, 0.3) is 0 Å². The van der Waals surface area contributed by atoms with Crippen LogP contribution in [0.5, 0.6) is 0 Å². The standard InChI is InChI=1S/C16H15FN6/c1-3-10-4-9(7-18)5-11(17)14(10)21-13-6-12-15(16(19)22-13)20-8-23(12)2/h4-6,8H,3H2,1-2H3,(H3,19,21,22). The number of hydrogen-bond acceptors (Lipinski definition) is 5. The van der Waals surface area contributed by atoms with Crippen LogP contribution in [-0.2, 0) is 13.5 Å². The van der Waals surface area contributed by atoms with Crippen LogP contribution >= 0.6 is 0 Å². The van der Waals surface area contributed by atoms with Crippen molar-refractivity contribution in [2.45, 2.75) is 13.3 Å². The molecule has 3 N–H and O–H groups in total. The van der Waals surface area contributed by atoms with Gasteiger partial charge in [0, 0.05) is 13.1 Å². The topological polar surface area (TPSA) is 92.5 Å². The van der Waals surface area contributed by atoms with E-state index in [1.165, 1.54) is 6.07 Å². The van der Waals surface area contributed by atoms with Crippen LogP contribution in [0.1, 0.15) is 18.1 Å². The van der Waals surface area contributed by atoms with E-state index in [0.29, 0.717) is 34.6 Å². The molecule has 0 spiro atoms. The van der Waals surface area contributed by atoms with Crippen molar-refractivity contribution in [1.82, 2.24) is 14.5 Å². The van der Waals surface area contributed by atoms with Crippen LogP contribution in [0.15, 0.2) is 24.5 Å². The SMILES string of the molecule is CCc1cc(C#N)cc(F)c1Nc1cc2c(ncn2C)c(N)n1. The number of nitrogens with two attached hydrogens (primary N) is 1. The number of rotatable bonds is 3. The molecular weight excluding hydrogens is 295 g/mol. The molecule has 0 radical (unpaired) electrons. The molecule has 7 heteroatoms. The molecule has 0 fully saturated rings. The Kier molecular flexibility index (Phi) is 3.58. The molecule has 23 heavy (non-hydrogen) atoms. The van der Waals surface area contributed by atoms with Crippen LogP contribution in [0, 0.1) is 17.1 Å². The number of hydrogen-bond donors (Lipinski definition) is 2. The van der Waals surface area contributed by atoms with Crippen LogP contribution in [0.2, 0.25) is 0 Å². The third kappa shape index (κ3) is 2.55. The third-order valence-electron chi connectivity index (χ3n) is 3.67. The summed E-state index contributed by atoms with van der Waals surface area (Å²) in [5.74, 6) is 0.209. The minimum absolute atomic E-state index is 0.276. The summed E-state index contributed by atoms with van der Waals surface area (Å²) in [6, 6.07) is 6.58. The van der Waals surface area contributed by atoms with Crippen LogP contribution < -0.4 is 11.1 Å². The zero-order chi connectivity index (χ0) is 16.6. The summed E-state index contributed by atoms with van der Waals surface area (Å²) in [5.41, 5.74) is 8.62. The lowest BCUT2D eigenvalue weighted by Gasteiger charge is -2.13. The quantitative estimate of drug-likeness (QED) is 0.776. The van der Waals surface area contributed by atoms with Gasteiger partial charge in [0.2, 0.25) is 0 Å². The number of nitriles is 1. The van der Waals surface area contributed by atoms with Gasteiger partial charge in [-0.25, -0.2) is 14.4 Å². The van der Waals surface area contributed by atoms with Gasteiger partial charge in [-0.1, -0.05) is 6.92 Å². The maximum atomic E-state index is 14.3. The normalized spacial score (nSPS) is 10.7. The number of aromatic nitrogens is 3. The lowest BCUT2D eigenvalue weighted by Crippen LogP contribution is -2.03. The molecule has 0 unspecified atom stereocenters. The maximum Gasteiger partial charge on any atom is 0.154 e. The fourth-order valence-electron chi connectivity index (χ4n) is 2.49. The third-order valence-corrected chi connectivity index (χ3v) is 3.67. The summed E-state index contributed by atoms with van der Waals surface area (Å²) in [7, 11) is 1.85. The first-order valence-electron chi connectivity index (χ1n) is 7.10. The Bertz CT molecular complexity index is 938. The lowest BCUT2D eigenvalue weighted by atomic mass is 10.1. The van der Waals surface area contributed by atoms with Crippen LogP contribution in [-0.4, -0.2) is 14.5 Å². The average molecular weight is 310 g/mol. The predicted molar refractivity (Wildman–Crippen MR) is 86.7 cm³/mol. The van der Waals surface area contributed by atoms with E-state index in [0.717, 1.165) is 5.52 Å². The van der Waals surface area contributed by atoms with Gasteiger partial charge >= 0.3 is 0 Å². The van der Waals surface area contributed by atoms with Gasteiger partial charge < -0.3 is 15.6 Å². The van der Waals surface area contributed by atoms with Crippen molar-refractivity contribution in [2.24, 2.45) is 7.05 Å². The summed E-state index contributed by atoms with van der Waals surface area (Å²) in [6.07, 6.45) is 2.23. The van der Waals surface area contributed by atoms with E-state index in [-0.39, 0.29) is 5.82 Å². The Balaban J connectivity index is 2.09. The Labute approximate surface area is 132 Å². The van der Waals surface area contributed by atoms with Crippen molar-refractivity contribution in [2.75, 3.05) is 11.1 Å². The van der Waals surface area contributed by atoms with Gasteiger partial charge in [-0.3, -0.25) is 0 Å². The molecule has 0 bridgehead atoms. The molecule has 0 saturated heterocycles. The zero-order valence-electron chi connectivity index (χ0n) is 12.8. The highest BCUT2D eigenvalue weighted by atomic mass is 19.1. The fraction of sp³-hybridized carbons (Fsp3) is 0.188. The van der Waals surface area contributed by atoms with E-state index < -0.39 is 5.82 Å². The van der Waals surface area contributed by atoms with Gasteiger partial charge in [0.1, 0.15) is 17.2 Å². The minimum atomic E-state index is -0.494. The number of nitrogens with one attached hydrogen (secondary N) is 1. The number of fused-ring (bicyclic) bond motifs is 1. The van der Waals surface area contributed by atoms with E-state index in [1.54, 1.807) is 18.5 Å². The molecule has 0 amide bonds. The van der Waals surface area contributed by atoms with Gasteiger partial charge in [-0.15, -0.1) is 0 Å². The Morgan fingerprint density at radius 1 is 1.39 bits per heavy atom. The van der Waals surface area contributed by atoms with Crippen molar-refractivity contribution in [1.29, 1.82) is 5.26 Å². The molecule has 2 aromatic heterocycles. The molecule has 116 valence electrons. The number of aryl methyl sites for hydroxylation is 2. The number of benzene rings is 1. The Morgan fingerprint density at radius 3 is 2.87 bits per heavy atom. The van der Waals surface area contributed by atoms with Gasteiger partial charge in [0.05, 0.1) is 29.2 Å². The zero-order valence-corrected chi connectivity index (χ0v) is 12.8. The second-order valence-corrected chi connectivity index (χ2v) is 5.20. The summed E-state index contributed by atoms with van der Waals surface area (Å²) in [6.45, 7) is 1.90. The molecule has 1 aromatic carbocycles. The first-order chi connectivity index (χ1) is 11.0. The fourth-order valence-corrected chi connectivity index (χ4v) is 2.49. The van der Waals surface area contributed by atoms with Crippen molar-refractivity contribution in [3.05, 3.63) is 41.5 Å². The van der Waals surface area contributed by atoms with Gasteiger partial charge in [0.15, 0.2) is 5.82 Å². The van der Waals surface area contributed by atoms with E-state index in [4.69, 9.17) is 11.0 Å². The highest BCUT2D eigenvalue weighted by Gasteiger charge is 2.13. The molecule has 0 saturated carbocycles. The summed E-state index contributed by atoms with van der Waals surface area (Å²) in [5, 5.41) is 11.9. The van der Waals surface area contributed by atoms with Crippen molar-refractivity contribution >= 4 is 28.4 Å². The number of pyridine rings is 1. The van der Waals surface area contributed by atoms with Crippen LogP contribution in [0.3, 0.4) is 0 Å². The number of imidazole rings is 1. The number of nitrogen functional groups attached to an aromatic ring is 1. The molecule has 0 aliphatic carbocycles. The highest BCUT2D eigenvalue weighted by molar-refractivity contribution is 5.88. The number of halogens is 1. The first-order valence-corrected chi connectivity index (χ1v) is 7.10. The minimum Gasteiger partial charge on any atom is -0.382 e. The smallest absolute Gasteiger partial charge is 0.154 e. The average Bonchev–Trinajstić information content (AvgIpc) is 2.91. The highest BCUT2D eigenvalue weighted by Crippen LogP contribution is 2.28. The van der Waals surface area contributed by atoms with Gasteiger partial charge in [-0.05, 0) is 24.1 Å². The Hall–Kier alpha value is -3.14. The second-order valence-electron chi connectivity index (χ2n) is 5.20. The summed E-state index contributed by atoms with van der Waals surface area (Å²) >= 11 is 0. The molecule has 6 nitrogen and oxygen atoms in total. The molecule has 2 heterocycles. The molecular formula is C16H15FN6. The van der Waals surface area contributed by atoms with E-state index >= 15 is 0 Å². The van der Waals surface area contributed by atoms with Gasteiger partial charge in [-0.2, -0.15) is 5.26 Å². The molecule has 0 atom stereocenters. The van der Waals surface area contributed by atoms with E-state index in [2.05, 4.69) is 15.3 Å². The second kappa shape index (κ2) is 5.57. The van der Waals surface area contributed by atoms with Crippen molar-refractivity contribution < 1.29 is 4.39 Å².